The Labute approximate surface area is 94.9 Å². The summed E-state index contributed by atoms with van der Waals surface area (Å²) in [6.45, 7) is 0. The second-order valence-electron chi connectivity index (χ2n) is 3.46. The standard InChI is InChI=1S/C10H8N6O/c11-9-13-14-10-12-8(17)7(15-16(9)10)6-4-2-1-3-5-6/h1-5H,(H2,11,13)(H,12,14,17). The van der Waals surface area contributed by atoms with E-state index in [1.165, 1.54) is 4.52 Å². The number of H-pyrrole nitrogens is 1. The minimum atomic E-state index is -0.323. The van der Waals surface area contributed by atoms with Crippen molar-refractivity contribution in [2.75, 3.05) is 5.73 Å². The van der Waals surface area contributed by atoms with Crippen molar-refractivity contribution in [3.8, 4) is 11.3 Å². The third-order valence-electron chi connectivity index (χ3n) is 2.35. The molecule has 1 aromatic carbocycles. The van der Waals surface area contributed by atoms with E-state index < -0.39 is 0 Å². The zero-order valence-electron chi connectivity index (χ0n) is 8.66. The molecule has 84 valence electrons. The maximum absolute atomic E-state index is 11.8. The van der Waals surface area contributed by atoms with E-state index >= 15 is 0 Å². The number of nitrogens with one attached hydrogen (secondary N) is 1. The van der Waals surface area contributed by atoms with Crippen LogP contribution in [0.3, 0.4) is 0 Å². The van der Waals surface area contributed by atoms with Gasteiger partial charge in [-0.3, -0.25) is 9.78 Å². The second kappa shape index (κ2) is 3.41. The van der Waals surface area contributed by atoms with Gasteiger partial charge in [-0.15, -0.1) is 10.2 Å². The predicted octanol–water partition coefficient (Wildman–Crippen LogP) is 0.0618. The average Bonchev–Trinajstić information content (AvgIpc) is 2.70. The molecule has 0 spiro atoms. The molecular weight excluding hydrogens is 220 g/mol. The number of fused-ring (bicyclic) bond motifs is 1. The molecule has 0 unspecified atom stereocenters. The van der Waals surface area contributed by atoms with Gasteiger partial charge < -0.3 is 5.73 Å². The van der Waals surface area contributed by atoms with Crippen LogP contribution in [0.1, 0.15) is 0 Å². The number of hydrogen-bond donors (Lipinski definition) is 2. The van der Waals surface area contributed by atoms with Crippen LogP contribution in [0.4, 0.5) is 5.95 Å². The number of nitrogens with two attached hydrogens (primary N) is 1. The quantitative estimate of drug-likeness (QED) is 0.613. The van der Waals surface area contributed by atoms with Gasteiger partial charge in [0.2, 0.25) is 5.95 Å². The van der Waals surface area contributed by atoms with E-state index in [-0.39, 0.29) is 23.0 Å². The summed E-state index contributed by atoms with van der Waals surface area (Å²) in [4.78, 5) is 14.4. The van der Waals surface area contributed by atoms with Gasteiger partial charge in [-0.05, 0) is 0 Å². The SMILES string of the molecule is Nc1nnc2[nH]c(=O)c(-c3ccccc3)nn12. The van der Waals surface area contributed by atoms with Crippen molar-refractivity contribution in [1.29, 1.82) is 0 Å². The number of hydrogen-bond acceptors (Lipinski definition) is 5. The summed E-state index contributed by atoms with van der Waals surface area (Å²) >= 11 is 0. The molecule has 0 saturated heterocycles. The van der Waals surface area contributed by atoms with E-state index in [2.05, 4.69) is 20.3 Å². The molecule has 17 heavy (non-hydrogen) atoms. The Hall–Kier alpha value is -2.70. The molecule has 0 fully saturated rings. The van der Waals surface area contributed by atoms with Crippen LogP contribution in [0, 0.1) is 0 Å². The molecule has 7 heteroatoms. The molecule has 0 atom stereocenters. The van der Waals surface area contributed by atoms with Crippen LogP contribution in [-0.2, 0) is 0 Å². The zero-order chi connectivity index (χ0) is 11.8. The summed E-state index contributed by atoms with van der Waals surface area (Å²) in [6, 6.07) is 9.11. The smallest absolute Gasteiger partial charge is 0.279 e. The van der Waals surface area contributed by atoms with Crippen molar-refractivity contribution >= 4 is 11.7 Å². The molecule has 0 aliphatic rings. The third-order valence-corrected chi connectivity index (χ3v) is 2.35. The lowest BCUT2D eigenvalue weighted by molar-refractivity contribution is 0.901. The maximum Gasteiger partial charge on any atom is 0.279 e. The Balaban J connectivity index is 2.33. The fourth-order valence-electron chi connectivity index (χ4n) is 1.56. The summed E-state index contributed by atoms with van der Waals surface area (Å²) in [6.07, 6.45) is 0. The van der Waals surface area contributed by atoms with Crippen LogP contribution in [0.5, 0.6) is 0 Å². The van der Waals surface area contributed by atoms with Crippen molar-refractivity contribution in [2.45, 2.75) is 0 Å². The minimum absolute atomic E-state index is 0.133. The van der Waals surface area contributed by atoms with Crippen molar-refractivity contribution in [2.24, 2.45) is 0 Å². The van der Waals surface area contributed by atoms with E-state index in [4.69, 9.17) is 5.73 Å². The number of benzene rings is 1. The Kier molecular flexibility index (Phi) is 1.91. The highest BCUT2D eigenvalue weighted by Crippen LogP contribution is 2.11. The first-order valence-corrected chi connectivity index (χ1v) is 4.92. The van der Waals surface area contributed by atoms with Gasteiger partial charge >= 0.3 is 0 Å². The molecular formula is C10H8N6O. The summed E-state index contributed by atoms with van der Waals surface area (Å²) in [5.74, 6) is 0.362. The predicted molar refractivity (Wildman–Crippen MR) is 61.3 cm³/mol. The van der Waals surface area contributed by atoms with Gasteiger partial charge in [-0.25, -0.2) is 0 Å². The van der Waals surface area contributed by atoms with Crippen molar-refractivity contribution in [3.05, 3.63) is 40.7 Å². The van der Waals surface area contributed by atoms with Gasteiger partial charge in [-0.2, -0.15) is 9.61 Å². The van der Waals surface area contributed by atoms with Crippen molar-refractivity contribution < 1.29 is 0 Å². The van der Waals surface area contributed by atoms with Crippen LogP contribution < -0.4 is 11.3 Å². The molecule has 0 aliphatic heterocycles. The third kappa shape index (κ3) is 1.44. The molecule has 0 radical (unpaired) electrons. The molecule has 7 nitrogen and oxygen atoms in total. The summed E-state index contributed by atoms with van der Waals surface area (Å²) in [5, 5.41) is 11.4. The Morgan fingerprint density at radius 2 is 1.94 bits per heavy atom. The van der Waals surface area contributed by atoms with Crippen LogP contribution in [0.15, 0.2) is 35.1 Å². The second-order valence-corrected chi connectivity index (χ2v) is 3.46. The zero-order valence-corrected chi connectivity index (χ0v) is 8.66. The average molecular weight is 228 g/mol. The van der Waals surface area contributed by atoms with Gasteiger partial charge in [-0.1, -0.05) is 30.3 Å². The topological polar surface area (TPSA) is 102 Å². The fourth-order valence-corrected chi connectivity index (χ4v) is 1.56. The van der Waals surface area contributed by atoms with Crippen molar-refractivity contribution in [3.63, 3.8) is 0 Å². The lowest BCUT2D eigenvalue weighted by Crippen LogP contribution is -2.15. The summed E-state index contributed by atoms with van der Waals surface area (Å²) in [5.41, 5.74) is 6.25. The van der Waals surface area contributed by atoms with Gasteiger partial charge in [0.1, 0.15) is 0 Å². The minimum Gasteiger partial charge on any atom is -0.366 e. The summed E-state index contributed by atoms with van der Waals surface area (Å²) < 4.78 is 1.30. The van der Waals surface area contributed by atoms with Crippen LogP contribution in [0.25, 0.3) is 17.0 Å². The first kappa shape index (κ1) is 9.52. The number of nitrogens with zero attached hydrogens (tertiary/aromatic N) is 4. The molecule has 3 aromatic rings. The number of nitrogen functional groups attached to an aromatic ring is 1. The van der Waals surface area contributed by atoms with Crippen LogP contribution in [0.2, 0.25) is 0 Å². The largest absolute Gasteiger partial charge is 0.366 e. The normalized spacial score (nSPS) is 10.8. The highest BCUT2D eigenvalue weighted by atomic mass is 16.1. The summed E-state index contributed by atoms with van der Waals surface area (Å²) in [7, 11) is 0. The number of aromatic nitrogens is 5. The van der Waals surface area contributed by atoms with Gasteiger partial charge in [0.05, 0.1) is 0 Å². The molecule has 3 rings (SSSR count). The Morgan fingerprint density at radius 3 is 2.71 bits per heavy atom. The first-order valence-electron chi connectivity index (χ1n) is 4.92. The number of anilines is 1. The highest BCUT2D eigenvalue weighted by molar-refractivity contribution is 5.58. The van der Waals surface area contributed by atoms with Crippen molar-refractivity contribution in [1.82, 2.24) is 24.8 Å². The fraction of sp³-hybridized carbons (Fsp3) is 0. The maximum atomic E-state index is 11.8. The Morgan fingerprint density at radius 1 is 1.18 bits per heavy atom. The van der Waals surface area contributed by atoms with Crippen LogP contribution in [-0.4, -0.2) is 24.8 Å². The van der Waals surface area contributed by atoms with Crippen LogP contribution >= 0.6 is 0 Å². The van der Waals surface area contributed by atoms with E-state index in [1.807, 2.05) is 18.2 Å². The lowest BCUT2D eigenvalue weighted by Gasteiger charge is -2.00. The molecule has 0 saturated carbocycles. The van der Waals surface area contributed by atoms with Gasteiger partial charge in [0.15, 0.2) is 5.69 Å². The van der Waals surface area contributed by atoms with Gasteiger partial charge in [0, 0.05) is 5.56 Å². The molecule has 0 bridgehead atoms. The molecule has 0 amide bonds. The Bertz CT molecular complexity index is 729. The van der Waals surface area contributed by atoms with E-state index in [0.29, 0.717) is 5.56 Å². The number of aromatic amines is 1. The molecule has 3 N–H and O–H groups in total. The molecule has 2 aromatic heterocycles. The first-order chi connectivity index (χ1) is 8.25. The molecule has 0 aliphatic carbocycles. The van der Waals surface area contributed by atoms with E-state index in [9.17, 15) is 4.79 Å². The van der Waals surface area contributed by atoms with E-state index in [0.717, 1.165) is 0 Å². The van der Waals surface area contributed by atoms with Gasteiger partial charge in [0.25, 0.3) is 11.3 Å². The number of rotatable bonds is 1. The highest BCUT2D eigenvalue weighted by Gasteiger charge is 2.10. The molecule has 2 heterocycles. The lowest BCUT2D eigenvalue weighted by atomic mass is 10.2. The monoisotopic (exact) mass is 228 g/mol. The van der Waals surface area contributed by atoms with E-state index in [1.54, 1.807) is 12.1 Å².